The molecule has 0 aromatic heterocycles. The molecule has 0 bridgehead atoms. The fourth-order valence-corrected chi connectivity index (χ4v) is 2.21. The quantitative estimate of drug-likeness (QED) is 0.783. The minimum absolute atomic E-state index is 0.132. The molecule has 0 spiro atoms. The van der Waals surface area contributed by atoms with Gasteiger partial charge in [-0.05, 0) is 36.1 Å². The normalized spacial score (nSPS) is 10.7. The molecule has 0 radical (unpaired) electrons. The molecule has 3 nitrogen and oxygen atoms in total. The van der Waals surface area contributed by atoms with Gasteiger partial charge in [0.15, 0.2) is 0 Å². The number of nitrogens with one attached hydrogen (secondary N) is 1. The summed E-state index contributed by atoms with van der Waals surface area (Å²) in [4.78, 5) is 23.0. The summed E-state index contributed by atoms with van der Waals surface area (Å²) in [6.45, 7) is 5.38. The number of carbonyl (C=O) groups excluding carboxylic acids is 2. The number of ketones is 1. The molecular formula is C15H20FNO2S. The van der Waals surface area contributed by atoms with E-state index in [1.807, 2.05) is 6.92 Å². The van der Waals surface area contributed by atoms with E-state index in [0.29, 0.717) is 24.2 Å². The lowest BCUT2D eigenvalue weighted by Crippen LogP contribution is -2.21. The van der Waals surface area contributed by atoms with Gasteiger partial charge in [-0.3, -0.25) is 14.3 Å². The van der Waals surface area contributed by atoms with Gasteiger partial charge in [-0.15, -0.1) is 0 Å². The maximum absolute atomic E-state index is 13.9. The van der Waals surface area contributed by atoms with E-state index in [1.165, 1.54) is 6.07 Å². The van der Waals surface area contributed by atoms with Crippen LogP contribution in [0.15, 0.2) is 23.1 Å². The van der Waals surface area contributed by atoms with E-state index in [1.54, 1.807) is 26.0 Å². The lowest BCUT2D eigenvalue weighted by molar-refractivity contribution is -0.122. The fraction of sp³-hybridized carbons (Fsp3) is 0.467. The molecule has 1 aromatic carbocycles. The molecule has 0 saturated heterocycles. The SMILES string of the molecule is CCC(=O)CCc1ccc(SNC(=O)C(C)C)c(F)c1. The smallest absolute Gasteiger partial charge is 0.232 e. The Bertz CT molecular complexity index is 489. The van der Waals surface area contributed by atoms with Crippen LogP contribution in [0.3, 0.4) is 0 Å². The van der Waals surface area contributed by atoms with E-state index in [-0.39, 0.29) is 23.4 Å². The van der Waals surface area contributed by atoms with Crippen molar-refractivity contribution in [3.63, 3.8) is 0 Å². The molecule has 0 aliphatic carbocycles. The zero-order valence-corrected chi connectivity index (χ0v) is 12.8. The van der Waals surface area contributed by atoms with E-state index < -0.39 is 0 Å². The van der Waals surface area contributed by atoms with Gasteiger partial charge in [0.1, 0.15) is 11.6 Å². The molecule has 0 aliphatic heterocycles. The van der Waals surface area contributed by atoms with Crippen LogP contribution < -0.4 is 4.72 Å². The molecule has 5 heteroatoms. The molecule has 1 rings (SSSR count). The van der Waals surface area contributed by atoms with Gasteiger partial charge in [-0.25, -0.2) is 4.39 Å². The molecule has 1 N–H and O–H groups in total. The monoisotopic (exact) mass is 297 g/mol. The van der Waals surface area contributed by atoms with Crippen molar-refractivity contribution in [2.75, 3.05) is 0 Å². The predicted molar refractivity (Wildman–Crippen MR) is 78.9 cm³/mol. The highest BCUT2D eigenvalue weighted by molar-refractivity contribution is 7.98. The summed E-state index contributed by atoms with van der Waals surface area (Å²) >= 11 is 0.980. The average Bonchev–Trinajstić information content (AvgIpc) is 2.43. The van der Waals surface area contributed by atoms with Gasteiger partial charge in [0, 0.05) is 18.8 Å². The first kappa shape index (κ1) is 16.7. The van der Waals surface area contributed by atoms with E-state index in [2.05, 4.69) is 4.72 Å². The van der Waals surface area contributed by atoms with Crippen LogP contribution in [-0.4, -0.2) is 11.7 Å². The van der Waals surface area contributed by atoms with Gasteiger partial charge < -0.3 is 0 Å². The molecule has 0 heterocycles. The van der Waals surface area contributed by atoms with E-state index in [9.17, 15) is 14.0 Å². The van der Waals surface area contributed by atoms with Gasteiger partial charge in [0.25, 0.3) is 0 Å². The largest absolute Gasteiger partial charge is 0.300 e. The maximum atomic E-state index is 13.9. The lowest BCUT2D eigenvalue weighted by Gasteiger charge is -2.08. The zero-order valence-electron chi connectivity index (χ0n) is 12.0. The van der Waals surface area contributed by atoms with Crippen molar-refractivity contribution >= 4 is 23.6 Å². The Morgan fingerprint density at radius 1 is 1.35 bits per heavy atom. The molecule has 20 heavy (non-hydrogen) atoms. The van der Waals surface area contributed by atoms with Crippen LogP contribution in [0.25, 0.3) is 0 Å². The number of hydrogen-bond acceptors (Lipinski definition) is 3. The fourth-order valence-electron chi connectivity index (χ4n) is 1.47. The first-order valence-electron chi connectivity index (χ1n) is 6.70. The number of rotatable bonds is 7. The second-order valence-corrected chi connectivity index (χ2v) is 5.73. The van der Waals surface area contributed by atoms with Gasteiger partial charge in [-0.1, -0.05) is 26.8 Å². The van der Waals surface area contributed by atoms with Crippen molar-refractivity contribution in [1.29, 1.82) is 0 Å². The summed E-state index contributed by atoms with van der Waals surface area (Å²) in [6.07, 6.45) is 1.50. The van der Waals surface area contributed by atoms with Gasteiger partial charge in [0.05, 0.1) is 4.90 Å². The summed E-state index contributed by atoms with van der Waals surface area (Å²) in [5, 5.41) is 0. The topological polar surface area (TPSA) is 46.2 Å². The first-order valence-corrected chi connectivity index (χ1v) is 7.52. The maximum Gasteiger partial charge on any atom is 0.232 e. The minimum Gasteiger partial charge on any atom is -0.300 e. The summed E-state index contributed by atoms with van der Waals surface area (Å²) < 4.78 is 16.5. The predicted octanol–water partition coefficient (Wildman–Crippen LogP) is 3.52. The third-order valence-corrected chi connectivity index (χ3v) is 3.72. The highest BCUT2D eigenvalue weighted by atomic mass is 32.2. The number of halogens is 1. The Kier molecular flexibility index (Phi) is 6.71. The van der Waals surface area contributed by atoms with Crippen molar-refractivity contribution in [2.45, 2.75) is 44.9 Å². The standard InChI is InChI=1S/C15H20FNO2S/c1-4-12(18)7-5-11-6-8-14(13(16)9-11)20-17-15(19)10(2)3/h6,8-10H,4-5,7H2,1-3H3,(H,17,19). The second-order valence-electron chi connectivity index (χ2n) is 4.88. The summed E-state index contributed by atoms with van der Waals surface area (Å²) in [5.74, 6) is -0.467. The molecule has 0 aliphatic rings. The van der Waals surface area contributed by atoms with Crippen LogP contribution >= 0.6 is 11.9 Å². The number of aryl methyl sites for hydroxylation is 1. The van der Waals surface area contributed by atoms with Gasteiger partial charge in [0.2, 0.25) is 5.91 Å². The number of Topliss-reactive ketones (excluding diaryl/α,β-unsaturated/α-hetero) is 1. The Balaban J connectivity index is 2.59. The molecule has 0 saturated carbocycles. The third-order valence-electron chi connectivity index (χ3n) is 2.87. The third kappa shape index (κ3) is 5.33. The summed E-state index contributed by atoms with van der Waals surface area (Å²) in [7, 11) is 0. The highest BCUT2D eigenvalue weighted by Gasteiger charge is 2.10. The molecule has 110 valence electrons. The van der Waals surface area contributed by atoms with E-state index in [4.69, 9.17) is 0 Å². The number of amides is 1. The molecule has 0 unspecified atom stereocenters. The molecule has 1 aromatic rings. The summed E-state index contributed by atoms with van der Waals surface area (Å²) in [5.41, 5.74) is 0.795. The Labute approximate surface area is 123 Å². The van der Waals surface area contributed by atoms with Crippen LogP contribution in [0.2, 0.25) is 0 Å². The first-order chi connectivity index (χ1) is 9.43. The highest BCUT2D eigenvalue weighted by Crippen LogP contribution is 2.21. The van der Waals surface area contributed by atoms with Crippen LogP contribution in [0.4, 0.5) is 4.39 Å². The number of carbonyl (C=O) groups is 2. The van der Waals surface area contributed by atoms with E-state index >= 15 is 0 Å². The number of hydrogen-bond donors (Lipinski definition) is 1. The van der Waals surface area contributed by atoms with Crippen molar-refractivity contribution in [3.8, 4) is 0 Å². The van der Waals surface area contributed by atoms with Crippen LogP contribution in [0.1, 0.15) is 39.2 Å². The van der Waals surface area contributed by atoms with Crippen LogP contribution in [0.5, 0.6) is 0 Å². The molecular weight excluding hydrogens is 277 g/mol. The number of benzene rings is 1. The van der Waals surface area contributed by atoms with E-state index in [0.717, 1.165) is 17.5 Å². The second kappa shape index (κ2) is 8.04. The summed E-state index contributed by atoms with van der Waals surface area (Å²) in [6, 6.07) is 4.84. The molecule has 0 fully saturated rings. The van der Waals surface area contributed by atoms with Crippen LogP contribution in [-0.2, 0) is 16.0 Å². The van der Waals surface area contributed by atoms with Gasteiger partial charge in [-0.2, -0.15) is 0 Å². The van der Waals surface area contributed by atoms with Crippen molar-refractivity contribution in [2.24, 2.45) is 5.92 Å². The van der Waals surface area contributed by atoms with Crippen molar-refractivity contribution in [1.82, 2.24) is 4.72 Å². The Hall–Kier alpha value is -1.36. The lowest BCUT2D eigenvalue weighted by atomic mass is 10.1. The zero-order chi connectivity index (χ0) is 15.1. The minimum atomic E-state index is -0.375. The molecule has 1 amide bonds. The Morgan fingerprint density at radius 2 is 2.05 bits per heavy atom. The van der Waals surface area contributed by atoms with Gasteiger partial charge >= 0.3 is 0 Å². The molecule has 0 atom stereocenters. The van der Waals surface area contributed by atoms with Crippen molar-refractivity contribution < 1.29 is 14.0 Å². The van der Waals surface area contributed by atoms with Crippen LogP contribution in [0, 0.1) is 11.7 Å². The van der Waals surface area contributed by atoms with Crippen molar-refractivity contribution in [3.05, 3.63) is 29.6 Å². The average molecular weight is 297 g/mol. The Morgan fingerprint density at radius 3 is 2.60 bits per heavy atom.